The predicted molar refractivity (Wildman–Crippen MR) is 62.3 cm³/mol. The van der Waals surface area contributed by atoms with Crippen molar-refractivity contribution in [2.45, 2.75) is 26.3 Å². The van der Waals surface area contributed by atoms with Gasteiger partial charge < -0.3 is 10.0 Å². The average Bonchev–Trinajstić information content (AvgIpc) is 2.28. The number of carbonyl (C=O) groups is 1. The summed E-state index contributed by atoms with van der Waals surface area (Å²) in [6.07, 6.45) is 2.08. The monoisotopic (exact) mass is 222 g/mol. The van der Waals surface area contributed by atoms with E-state index in [9.17, 15) is 4.79 Å². The maximum absolute atomic E-state index is 12.0. The number of amides is 1. The van der Waals surface area contributed by atoms with E-state index in [4.69, 9.17) is 5.11 Å². The molecular formula is C12H18N2O2. The third-order valence-corrected chi connectivity index (χ3v) is 2.53. The van der Waals surface area contributed by atoms with E-state index < -0.39 is 0 Å². The van der Waals surface area contributed by atoms with Crippen molar-refractivity contribution in [1.82, 2.24) is 9.88 Å². The van der Waals surface area contributed by atoms with Crippen LogP contribution in [0.1, 0.15) is 29.9 Å². The van der Waals surface area contributed by atoms with Crippen LogP contribution >= 0.6 is 0 Å². The zero-order valence-corrected chi connectivity index (χ0v) is 9.97. The van der Waals surface area contributed by atoms with Gasteiger partial charge in [-0.05, 0) is 26.0 Å². The molecule has 4 heteroatoms. The molecule has 0 fully saturated rings. The van der Waals surface area contributed by atoms with Gasteiger partial charge in [-0.2, -0.15) is 0 Å². The van der Waals surface area contributed by atoms with E-state index in [1.54, 1.807) is 30.3 Å². The fourth-order valence-corrected chi connectivity index (χ4v) is 1.30. The van der Waals surface area contributed by atoms with Gasteiger partial charge in [-0.15, -0.1) is 0 Å². The molecule has 1 aromatic heterocycles. The minimum atomic E-state index is -0.0170. The number of aliphatic hydroxyl groups excluding tert-OH is 1. The van der Waals surface area contributed by atoms with Crippen LogP contribution in [0.15, 0.2) is 18.3 Å². The Morgan fingerprint density at radius 3 is 2.81 bits per heavy atom. The van der Waals surface area contributed by atoms with E-state index in [0.717, 1.165) is 5.69 Å². The Balaban J connectivity index is 2.87. The highest BCUT2D eigenvalue weighted by molar-refractivity contribution is 5.94. The van der Waals surface area contributed by atoms with Crippen molar-refractivity contribution in [1.29, 1.82) is 0 Å². The smallest absolute Gasteiger partial charge is 0.253 e. The average molecular weight is 222 g/mol. The molecule has 0 saturated heterocycles. The first kappa shape index (κ1) is 12.6. The lowest BCUT2D eigenvalue weighted by molar-refractivity contribution is 0.0754. The molecule has 1 heterocycles. The minimum Gasteiger partial charge on any atom is -0.396 e. The number of aliphatic hydroxyl groups is 1. The van der Waals surface area contributed by atoms with Gasteiger partial charge >= 0.3 is 0 Å². The second kappa shape index (κ2) is 5.61. The maximum atomic E-state index is 12.0. The number of pyridine rings is 1. The summed E-state index contributed by atoms with van der Waals surface area (Å²) in [5, 5.41) is 8.81. The molecule has 0 saturated carbocycles. The second-order valence-corrected chi connectivity index (χ2v) is 4.02. The largest absolute Gasteiger partial charge is 0.396 e. The summed E-state index contributed by atoms with van der Waals surface area (Å²) < 4.78 is 0. The van der Waals surface area contributed by atoms with Crippen LogP contribution in [0.2, 0.25) is 0 Å². The molecule has 4 nitrogen and oxygen atoms in total. The van der Waals surface area contributed by atoms with E-state index in [1.807, 2.05) is 13.8 Å². The molecule has 1 aromatic rings. The minimum absolute atomic E-state index is 0.0170. The van der Waals surface area contributed by atoms with Crippen LogP contribution in [0.25, 0.3) is 0 Å². The summed E-state index contributed by atoms with van der Waals surface area (Å²) in [5.74, 6) is -0.0170. The predicted octanol–water partition coefficient (Wildman–Crippen LogP) is 1.10. The second-order valence-electron chi connectivity index (χ2n) is 4.02. The number of carbonyl (C=O) groups excluding carboxylic acids is 1. The summed E-state index contributed by atoms with van der Waals surface area (Å²) in [6, 6.07) is 3.60. The first-order valence-electron chi connectivity index (χ1n) is 5.39. The van der Waals surface area contributed by atoms with Gasteiger partial charge in [-0.25, -0.2) is 0 Å². The maximum Gasteiger partial charge on any atom is 0.253 e. The van der Waals surface area contributed by atoms with Crippen LogP contribution in [0.3, 0.4) is 0 Å². The number of nitrogens with zero attached hydrogens (tertiary/aromatic N) is 2. The zero-order valence-electron chi connectivity index (χ0n) is 9.97. The van der Waals surface area contributed by atoms with Gasteiger partial charge in [0.1, 0.15) is 0 Å². The fourth-order valence-electron chi connectivity index (χ4n) is 1.30. The van der Waals surface area contributed by atoms with Gasteiger partial charge in [0.2, 0.25) is 0 Å². The molecular weight excluding hydrogens is 204 g/mol. The molecule has 0 aromatic carbocycles. The Bertz CT molecular complexity index is 364. The van der Waals surface area contributed by atoms with Gasteiger partial charge in [-0.1, -0.05) is 0 Å². The Morgan fingerprint density at radius 1 is 1.56 bits per heavy atom. The van der Waals surface area contributed by atoms with E-state index in [1.165, 1.54) is 0 Å². The number of aromatic nitrogens is 1. The van der Waals surface area contributed by atoms with Gasteiger partial charge in [0.05, 0.1) is 0 Å². The number of rotatable bonds is 4. The molecule has 1 amide bonds. The van der Waals surface area contributed by atoms with Gasteiger partial charge in [0, 0.05) is 43.6 Å². The summed E-state index contributed by atoms with van der Waals surface area (Å²) in [7, 11) is 1.78. The van der Waals surface area contributed by atoms with E-state index in [-0.39, 0.29) is 18.6 Å². The molecule has 0 aliphatic carbocycles. The molecule has 0 unspecified atom stereocenters. The molecule has 0 atom stereocenters. The highest BCUT2D eigenvalue weighted by Crippen LogP contribution is 2.07. The van der Waals surface area contributed by atoms with Gasteiger partial charge in [0.15, 0.2) is 0 Å². The van der Waals surface area contributed by atoms with Crippen molar-refractivity contribution >= 4 is 5.91 Å². The molecule has 16 heavy (non-hydrogen) atoms. The first-order valence-corrected chi connectivity index (χ1v) is 5.39. The third-order valence-electron chi connectivity index (χ3n) is 2.53. The van der Waals surface area contributed by atoms with Crippen LogP contribution in [0, 0.1) is 0 Å². The summed E-state index contributed by atoms with van der Waals surface area (Å²) >= 11 is 0. The molecule has 88 valence electrons. The molecule has 1 N–H and O–H groups in total. The lowest BCUT2D eigenvalue weighted by atomic mass is 10.1. The van der Waals surface area contributed by atoms with Crippen LogP contribution in [-0.2, 0) is 6.42 Å². The number of hydrogen-bond donors (Lipinski definition) is 1. The molecule has 0 aliphatic rings. The van der Waals surface area contributed by atoms with Crippen LogP contribution in [0.5, 0.6) is 0 Å². The summed E-state index contributed by atoms with van der Waals surface area (Å²) in [6.45, 7) is 3.98. The van der Waals surface area contributed by atoms with Crippen LogP contribution in [0.4, 0.5) is 0 Å². The van der Waals surface area contributed by atoms with Crippen LogP contribution in [-0.4, -0.2) is 40.6 Å². The quantitative estimate of drug-likeness (QED) is 0.830. The fraction of sp³-hybridized carbons (Fsp3) is 0.500. The Morgan fingerprint density at radius 2 is 2.25 bits per heavy atom. The summed E-state index contributed by atoms with van der Waals surface area (Å²) in [5.41, 5.74) is 1.36. The first-order chi connectivity index (χ1) is 7.56. The molecule has 0 aliphatic heterocycles. The number of hydrogen-bond acceptors (Lipinski definition) is 3. The van der Waals surface area contributed by atoms with Crippen molar-refractivity contribution in [2.75, 3.05) is 13.7 Å². The van der Waals surface area contributed by atoms with Crippen molar-refractivity contribution in [2.24, 2.45) is 0 Å². The Hall–Kier alpha value is -1.42. The van der Waals surface area contributed by atoms with Crippen molar-refractivity contribution in [3.8, 4) is 0 Å². The lowest BCUT2D eigenvalue weighted by Crippen LogP contribution is -2.33. The standard InChI is InChI=1S/C12H18N2O2/c1-9(2)14(3)12(16)10-4-6-13-11(8-10)5-7-15/h4,6,8-9,15H,5,7H2,1-3H3. The Labute approximate surface area is 95.9 Å². The zero-order chi connectivity index (χ0) is 12.1. The van der Waals surface area contributed by atoms with E-state index in [2.05, 4.69) is 4.98 Å². The van der Waals surface area contributed by atoms with E-state index in [0.29, 0.717) is 12.0 Å². The molecule has 1 rings (SSSR count). The third kappa shape index (κ3) is 3.03. The molecule has 0 bridgehead atoms. The molecule has 0 radical (unpaired) electrons. The van der Waals surface area contributed by atoms with Crippen LogP contribution < -0.4 is 0 Å². The molecule has 0 spiro atoms. The Kier molecular flexibility index (Phi) is 4.43. The van der Waals surface area contributed by atoms with Gasteiger partial charge in [-0.3, -0.25) is 9.78 Å². The topological polar surface area (TPSA) is 53.4 Å². The van der Waals surface area contributed by atoms with Crippen molar-refractivity contribution in [3.63, 3.8) is 0 Å². The summed E-state index contributed by atoms with van der Waals surface area (Å²) in [4.78, 5) is 17.7. The highest BCUT2D eigenvalue weighted by Gasteiger charge is 2.14. The lowest BCUT2D eigenvalue weighted by Gasteiger charge is -2.21. The van der Waals surface area contributed by atoms with Crippen molar-refractivity contribution in [3.05, 3.63) is 29.6 Å². The van der Waals surface area contributed by atoms with E-state index >= 15 is 0 Å². The van der Waals surface area contributed by atoms with Gasteiger partial charge in [0.25, 0.3) is 5.91 Å². The normalized spacial score (nSPS) is 10.6. The SMILES string of the molecule is CC(C)N(C)C(=O)c1ccnc(CCO)c1. The van der Waals surface area contributed by atoms with Crippen molar-refractivity contribution < 1.29 is 9.90 Å². The highest BCUT2D eigenvalue weighted by atomic mass is 16.3.